The zero-order valence-electron chi connectivity index (χ0n) is 10.6. The Bertz CT molecular complexity index is 395. The van der Waals surface area contributed by atoms with Crippen LogP contribution in [0, 0.1) is 0 Å². The van der Waals surface area contributed by atoms with Crippen molar-refractivity contribution >= 4 is 5.97 Å². The molecule has 1 aliphatic rings. The number of carbonyl (C=O) groups excluding carboxylic acids is 1. The Balaban J connectivity index is 2.05. The SMILES string of the molecule is COC(=O)c1ccc(C(C)N(C)C2CCC2)o1. The van der Waals surface area contributed by atoms with Crippen molar-refractivity contribution in [3.8, 4) is 0 Å². The highest BCUT2D eigenvalue weighted by atomic mass is 16.5. The first-order chi connectivity index (χ1) is 8.13. The van der Waals surface area contributed by atoms with Gasteiger partial charge in [0.15, 0.2) is 0 Å². The highest BCUT2D eigenvalue weighted by Crippen LogP contribution is 2.31. The van der Waals surface area contributed by atoms with Crippen LogP contribution < -0.4 is 0 Å². The van der Waals surface area contributed by atoms with E-state index in [-0.39, 0.29) is 11.8 Å². The fourth-order valence-corrected chi connectivity index (χ4v) is 2.10. The normalized spacial score (nSPS) is 17.9. The predicted molar refractivity (Wildman–Crippen MR) is 63.9 cm³/mol. The van der Waals surface area contributed by atoms with Crippen LogP contribution in [0.3, 0.4) is 0 Å². The lowest BCUT2D eigenvalue weighted by atomic mass is 9.91. The van der Waals surface area contributed by atoms with Crippen LogP contribution in [0.1, 0.15) is 48.5 Å². The molecule has 0 N–H and O–H groups in total. The smallest absolute Gasteiger partial charge is 0.373 e. The van der Waals surface area contributed by atoms with Crippen LogP contribution in [-0.4, -0.2) is 31.1 Å². The summed E-state index contributed by atoms with van der Waals surface area (Å²) < 4.78 is 10.1. The second-order valence-electron chi connectivity index (χ2n) is 4.62. The van der Waals surface area contributed by atoms with Crippen LogP contribution >= 0.6 is 0 Å². The molecule has 4 nitrogen and oxygen atoms in total. The van der Waals surface area contributed by atoms with Crippen molar-refractivity contribution < 1.29 is 13.9 Å². The summed E-state index contributed by atoms with van der Waals surface area (Å²) in [6, 6.07) is 4.37. The van der Waals surface area contributed by atoms with Gasteiger partial charge in [-0.05, 0) is 38.9 Å². The summed E-state index contributed by atoms with van der Waals surface area (Å²) >= 11 is 0. The van der Waals surface area contributed by atoms with Gasteiger partial charge < -0.3 is 9.15 Å². The van der Waals surface area contributed by atoms with E-state index in [9.17, 15) is 4.79 Å². The van der Waals surface area contributed by atoms with Crippen LogP contribution in [0.4, 0.5) is 0 Å². The second kappa shape index (κ2) is 4.92. The van der Waals surface area contributed by atoms with Crippen LogP contribution in [0.25, 0.3) is 0 Å². The molecule has 0 spiro atoms. The van der Waals surface area contributed by atoms with Crippen molar-refractivity contribution in [3.05, 3.63) is 23.7 Å². The molecule has 1 aliphatic carbocycles. The molecule has 0 aromatic carbocycles. The van der Waals surface area contributed by atoms with E-state index in [4.69, 9.17) is 4.42 Å². The standard InChI is InChI=1S/C13H19NO3/c1-9(14(2)10-5-4-6-10)11-7-8-12(17-11)13(15)16-3/h7-10H,4-6H2,1-3H3. The van der Waals surface area contributed by atoms with Crippen LogP contribution in [0.15, 0.2) is 16.5 Å². The number of esters is 1. The van der Waals surface area contributed by atoms with Crippen LogP contribution in [0.5, 0.6) is 0 Å². The van der Waals surface area contributed by atoms with Gasteiger partial charge in [0, 0.05) is 6.04 Å². The molecule has 1 aromatic rings. The molecule has 1 saturated carbocycles. The third-order valence-corrected chi connectivity index (χ3v) is 3.69. The van der Waals surface area contributed by atoms with Crippen molar-refractivity contribution in [1.82, 2.24) is 4.90 Å². The van der Waals surface area contributed by atoms with E-state index < -0.39 is 5.97 Å². The molecule has 1 atom stereocenters. The van der Waals surface area contributed by atoms with E-state index in [2.05, 4.69) is 23.6 Å². The summed E-state index contributed by atoms with van der Waals surface area (Å²) in [5.74, 6) is 0.672. The Morgan fingerprint density at radius 3 is 2.76 bits per heavy atom. The number of hydrogen-bond donors (Lipinski definition) is 0. The molecule has 0 bridgehead atoms. The third-order valence-electron chi connectivity index (χ3n) is 3.69. The zero-order valence-corrected chi connectivity index (χ0v) is 10.6. The number of furan rings is 1. The van der Waals surface area contributed by atoms with Gasteiger partial charge in [0.05, 0.1) is 13.2 Å². The van der Waals surface area contributed by atoms with E-state index in [0.717, 1.165) is 5.76 Å². The minimum Gasteiger partial charge on any atom is -0.463 e. The van der Waals surface area contributed by atoms with E-state index in [1.54, 1.807) is 6.07 Å². The molecule has 0 aliphatic heterocycles. The summed E-state index contributed by atoms with van der Waals surface area (Å²) in [4.78, 5) is 13.6. The minimum absolute atomic E-state index is 0.193. The lowest BCUT2D eigenvalue weighted by Gasteiger charge is -2.37. The van der Waals surface area contributed by atoms with Crippen molar-refractivity contribution in [2.45, 2.75) is 38.3 Å². The van der Waals surface area contributed by atoms with Crippen LogP contribution in [-0.2, 0) is 4.74 Å². The quantitative estimate of drug-likeness (QED) is 0.755. The molecule has 0 saturated heterocycles. The number of rotatable bonds is 4. The van der Waals surface area contributed by atoms with Gasteiger partial charge in [-0.15, -0.1) is 0 Å². The Morgan fingerprint density at radius 1 is 1.53 bits per heavy atom. The van der Waals surface area contributed by atoms with Gasteiger partial charge >= 0.3 is 5.97 Å². The zero-order chi connectivity index (χ0) is 12.4. The van der Waals surface area contributed by atoms with Gasteiger partial charge in [0.25, 0.3) is 0 Å². The molecule has 2 rings (SSSR count). The van der Waals surface area contributed by atoms with Gasteiger partial charge in [-0.1, -0.05) is 6.42 Å². The highest BCUT2D eigenvalue weighted by molar-refractivity contribution is 5.86. The number of carbonyl (C=O) groups is 1. The molecule has 1 unspecified atom stereocenters. The van der Waals surface area contributed by atoms with Gasteiger partial charge in [-0.2, -0.15) is 0 Å². The average Bonchev–Trinajstić information content (AvgIpc) is 2.73. The molecule has 0 radical (unpaired) electrons. The molecule has 1 aromatic heterocycles. The van der Waals surface area contributed by atoms with E-state index >= 15 is 0 Å². The second-order valence-corrected chi connectivity index (χ2v) is 4.62. The fraction of sp³-hybridized carbons (Fsp3) is 0.615. The molecule has 1 heterocycles. The Kier molecular flexibility index (Phi) is 3.52. The highest BCUT2D eigenvalue weighted by Gasteiger charge is 2.27. The van der Waals surface area contributed by atoms with Crippen molar-refractivity contribution in [2.75, 3.05) is 14.2 Å². The van der Waals surface area contributed by atoms with E-state index in [1.165, 1.54) is 26.4 Å². The van der Waals surface area contributed by atoms with E-state index in [0.29, 0.717) is 6.04 Å². The maximum Gasteiger partial charge on any atom is 0.373 e. The molecular formula is C13H19NO3. The number of ether oxygens (including phenoxy) is 1. The van der Waals surface area contributed by atoms with E-state index in [1.807, 2.05) is 6.07 Å². The molecular weight excluding hydrogens is 218 g/mol. The van der Waals surface area contributed by atoms with Crippen molar-refractivity contribution in [1.29, 1.82) is 0 Å². The van der Waals surface area contributed by atoms with Gasteiger partial charge in [-0.25, -0.2) is 4.79 Å². The summed E-state index contributed by atoms with van der Waals surface area (Å²) in [7, 11) is 3.46. The number of nitrogens with zero attached hydrogens (tertiary/aromatic N) is 1. The van der Waals surface area contributed by atoms with Crippen molar-refractivity contribution in [3.63, 3.8) is 0 Å². The molecule has 4 heteroatoms. The number of hydrogen-bond acceptors (Lipinski definition) is 4. The Hall–Kier alpha value is -1.29. The maximum atomic E-state index is 11.3. The van der Waals surface area contributed by atoms with Gasteiger partial charge in [0.2, 0.25) is 5.76 Å². The lowest BCUT2D eigenvalue weighted by Crippen LogP contribution is -2.38. The lowest BCUT2D eigenvalue weighted by molar-refractivity contribution is 0.0554. The molecule has 0 amide bonds. The van der Waals surface area contributed by atoms with Crippen LogP contribution in [0.2, 0.25) is 0 Å². The van der Waals surface area contributed by atoms with Crippen molar-refractivity contribution in [2.24, 2.45) is 0 Å². The third kappa shape index (κ3) is 2.36. The molecule has 1 fully saturated rings. The predicted octanol–water partition coefficient (Wildman–Crippen LogP) is 2.61. The fourth-order valence-electron chi connectivity index (χ4n) is 2.10. The summed E-state index contributed by atoms with van der Waals surface area (Å²) in [5.41, 5.74) is 0. The topological polar surface area (TPSA) is 42.7 Å². The molecule has 17 heavy (non-hydrogen) atoms. The summed E-state index contributed by atoms with van der Waals surface area (Å²) in [6.07, 6.45) is 3.82. The first-order valence-electron chi connectivity index (χ1n) is 6.03. The Morgan fingerprint density at radius 2 is 2.24 bits per heavy atom. The minimum atomic E-state index is -0.422. The monoisotopic (exact) mass is 237 g/mol. The molecule has 94 valence electrons. The average molecular weight is 237 g/mol. The summed E-state index contributed by atoms with van der Waals surface area (Å²) in [5, 5.41) is 0. The first kappa shape index (κ1) is 12.2. The largest absolute Gasteiger partial charge is 0.463 e. The van der Waals surface area contributed by atoms with Gasteiger partial charge in [-0.3, -0.25) is 4.90 Å². The first-order valence-corrected chi connectivity index (χ1v) is 6.03. The van der Waals surface area contributed by atoms with Gasteiger partial charge in [0.1, 0.15) is 5.76 Å². The maximum absolute atomic E-state index is 11.3. The summed E-state index contributed by atoms with van der Waals surface area (Å²) in [6.45, 7) is 2.10. The number of methoxy groups -OCH3 is 1. The Labute approximate surface area is 102 Å².